The van der Waals surface area contributed by atoms with Crippen LogP contribution in [0.2, 0.25) is 0 Å². The minimum atomic E-state index is -5.89. The van der Waals surface area contributed by atoms with Crippen molar-refractivity contribution in [2.75, 3.05) is 6.61 Å². The largest absolute Gasteiger partial charge is 0.744 e. The number of hydrogen-bond acceptors (Lipinski definition) is 7. The van der Waals surface area contributed by atoms with E-state index in [0.717, 1.165) is 0 Å². The summed E-state index contributed by atoms with van der Waals surface area (Å²) in [5.41, 5.74) is 0.192. The van der Waals surface area contributed by atoms with Gasteiger partial charge in [0.25, 0.3) is 0 Å². The van der Waals surface area contributed by atoms with Crippen LogP contribution < -0.4 is 4.74 Å². The molecule has 0 heterocycles. The minimum absolute atomic E-state index is 0.192. The quantitative estimate of drug-likeness (QED) is 0.137. The molecule has 0 aliphatic carbocycles. The third kappa shape index (κ3) is 5.22. The van der Waals surface area contributed by atoms with E-state index < -0.39 is 69.0 Å². The Labute approximate surface area is 174 Å². The highest BCUT2D eigenvalue weighted by Crippen LogP contribution is 2.32. The topological polar surface area (TPSA) is 110 Å². The lowest BCUT2D eigenvalue weighted by atomic mass is 10.2. The second-order valence-corrected chi connectivity index (χ2v) is 7.69. The highest BCUT2D eigenvalue weighted by molar-refractivity contribution is 14.1. The van der Waals surface area contributed by atoms with Gasteiger partial charge in [0, 0.05) is 3.57 Å². The fraction of sp³-hybridized carbons (Fsp3) is 0.125. The first-order chi connectivity index (χ1) is 13.4. The van der Waals surface area contributed by atoms with E-state index in [9.17, 15) is 40.1 Å². The van der Waals surface area contributed by atoms with Gasteiger partial charge in [0.1, 0.15) is 21.6 Å². The van der Waals surface area contributed by atoms with Crippen molar-refractivity contribution in [1.29, 1.82) is 0 Å². The second kappa shape index (κ2) is 9.04. The number of esters is 2. The summed E-state index contributed by atoms with van der Waals surface area (Å²) in [7, 11) is -5.89. The summed E-state index contributed by atoms with van der Waals surface area (Å²) in [6.45, 7) is -0.593. The maximum atomic E-state index is 13.8. The maximum absolute atomic E-state index is 13.8. The number of halogens is 5. The van der Waals surface area contributed by atoms with Gasteiger partial charge in [-0.1, -0.05) is 12.1 Å². The molecule has 0 fully saturated rings. The van der Waals surface area contributed by atoms with E-state index in [1.165, 1.54) is 6.07 Å². The molecule has 0 aliphatic rings. The molecule has 156 valence electrons. The number of benzene rings is 2. The normalized spacial score (nSPS) is 11.2. The van der Waals surface area contributed by atoms with Gasteiger partial charge in [-0.3, -0.25) is 4.79 Å². The first kappa shape index (κ1) is 23.0. The molecular weight excluding hydrogens is 539 g/mol. The van der Waals surface area contributed by atoms with Gasteiger partial charge in [0.15, 0.2) is 11.6 Å². The number of carbonyl (C=O) groups is 2. The Morgan fingerprint density at radius 3 is 2.07 bits per heavy atom. The Balaban J connectivity index is 2.10. The second-order valence-electron chi connectivity index (χ2n) is 5.21. The molecule has 0 aromatic heterocycles. The van der Waals surface area contributed by atoms with Crippen molar-refractivity contribution in [3.8, 4) is 5.75 Å². The van der Waals surface area contributed by atoms with Gasteiger partial charge in [-0.25, -0.2) is 22.0 Å². The Hall–Kier alpha value is -2.26. The minimum Gasteiger partial charge on any atom is -0.744 e. The Morgan fingerprint density at radius 2 is 1.55 bits per heavy atom. The molecule has 0 N–H and O–H groups in total. The molecule has 0 bridgehead atoms. The van der Waals surface area contributed by atoms with E-state index in [1.807, 2.05) is 22.6 Å². The highest BCUT2D eigenvalue weighted by Gasteiger charge is 2.31. The van der Waals surface area contributed by atoms with Gasteiger partial charge in [0.05, 0.1) is 12.0 Å². The van der Waals surface area contributed by atoms with Crippen LogP contribution in [-0.2, 0) is 19.6 Å². The molecule has 29 heavy (non-hydrogen) atoms. The zero-order chi connectivity index (χ0) is 21.9. The number of rotatable bonds is 6. The van der Waals surface area contributed by atoms with E-state index >= 15 is 0 Å². The van der Waals surface area contributed by atoms with E-state index in [-0.39, 0.29) is 5.56 Å². The van der Waals surface area contributed by atoms with Gasteiger partial charge in [-0.05, 0) is 34.7 Å². The van der Waals surface area contributed by atoms with Crippen molar-refractivity contribution in [2.45, 2.75) is 11.3 Å². The molecule has 0 atom stereocenters. The zero-order valence-corrected chi connectivity index (χ0v) is 16.9. The number of ether oxygens (including phenoxy) is 2. The van der Waals surface area contributed by atoms with Gasteiger partial charge < -0.3 is 14.0 Å². The summed E-state index contributed by atoms with van der Waals surface area (Å²) in [4.78, 5) is 21.1. The summed E-state index contributed by atoms with van der Waals surface area (Å²) >= 11 is 1.87. The predicted octanol–water partition coefficient (Wildman–Crippen LogP) is 2.90. The van der Waals surface area contributed by atoms with Crippen LogP contribution in [0.1, 0.15) is 16.8 Å². The average Bonchev–Trinajstić information content (AvgIpc) is 2.63. The molecule has 0 saturated carbocycles. The Kier molecular flexibility index (Phi) is 7.18. The van der Waals surface area contributed by atoms with E-state index in [4.69, 9.17) is 4.74 Å². The third-order valence-electron chi connectivity index (χ3n) is 3.28. The van der Waals surface area contributed by atoms with Crippen LogP contribution >= 0.6 is 22.6 Å². The van der Waals surface area contributed by atoms with Crippen molar-refractivity contribution in [1.82, 2.24) is 0 Å². The molecular formula is C16H8F4IO7S-. The molecule has 0 amide bonds. The molecule has 2 aromatic rings. The van der Waals surface area contributed by atoms with Crippen molar-refractivity contribution < 1.29 is 49.6 Å². The fourth-order valence-corrected chi connectivity index (χ4v) is 3.22. The van der Waals surface area contributed by atoms with Crippen LogP contribution in [-0.4, -0.2) is 31.5 Å². The van der Waals surface area contributed by atoms with Crippen LogP contribution in [0.25, 0.3) is 0 Å². The van der Waals surface area contributed by atoms with E-state index in [0.29, 0.717) is 3.57 Å². The summed E-state index contributed by atoms with van der Waals surface area (Å²) in [6, 6.07) is 6.30. The first-order valence-corrected chi connectivity index (χ1v) is 9.88. The van der Waals surface area contributed by atoms with E-state index in [1.54, 1.807) is 18.2 Å². The zero-order valence-electron chi connectivity index (χ0n) is 13.9. The predicted molar refractivity (Wildman–Crippen MR) is 93.9 cm³/mol. The standard InChI is InChI=1S/C16H9F4IO7S/c17-10-12(19)15(29(24,25)26)13(20)11(18)14(10)28-9(22)5-6-27-16(23)7-3-1-2-4-8(7)21/h1-4H,5-6H2,(H,24,25,26)/p-1. The summed E-state index contributed by atoms with van der Waals surface area (Å²) in [5, 5.41) is 0. The van der Waals surface area contributed by atoms with Crippen molar-refractivity contribution in [3.05, 3.63) is 56.7 Å². The Morgan fingerprint density at radius 1 is 1.00 bits per heavy atom. The SMILES string of the molecule is O=C(CCOC(=O)c1ccccc1I)Oc1c(F)c(F)c(S(=O)(=O)[O-])c(F)c1F. The lowest BCUT2D eigenvalue weighted by Gasteiger charge is -2.14. The molecule has 7 nitrogen and oxygen atoms in total. The van der Waals surface area contributed by atoms with Crippen molar-refractivity contribution in [3.63, 3.8) is 0 Å². The highest BCUT2D eigenvalue weighted by atomic mass is 127. The molecule has 2 rings (SSSR count). The van der Waals surface area contributed by atoms with Crippen LogP contribution in [0.4, 0.5) is 17.6 Å². The van der Waals surface area contributed by atoms with Gasteiger partial charge in [-0.2, -0.15) is 8.78 Å². The van der Waals surface area contributed by atoms with Gasteiger partial charge >= 0.3 is 11.9 Å². The fourth-order valence-electron chi connectivity index (χ4n) is 2.00. The van der Waals surface area contributed by atoms with Gasteiger partial charge in [-0.15, -0.1) is 0 Å². The number of hydrogen-bond donors (Lipinski definition) is 0. The van der Waals surface area contributed by atoms with Crippen LogP contribution in [0.15, 0.2) is 29.2 Å². The molecule has 0 unspecified atom stereocenters. The van der Waals surface area contributed by atoms with Crippen LogP contribution in [0, 0.1) is 26.8 Å². The van der Waals surface area contributed by atoms with E-state index in [2.05, 4.69) is 4.74 Å². The van der Waals surface area contributed by atoms with Gasteiger partial charge in [0.2, 0.25) is 17.4 Å². The average molecular weight is 547 g/mol. The molecule has 2 aromatic carbocycles. The summed E-state index contributed by atoms with van der Waals surface area (Å²) in [5.74, 6) is -14.0. The van der Waals surface area contributed by atoms with Crippen molar-refractivity contribution >= 4 is 44.6 Å². The molecule has 0 saturated heterocycles. The molecule has 0 radical (unpaired) electrons. The summed E-state index contributed by atoms with van der Waals surface area (Å²) < 4.78 is 96.4. The van der Waals surface area contributed by atoms with Crippen LogP contribution in [0.5, 0.6) is 5.75 Å². The Bertz CT molecular complexity index is 1060. The maximum Gasteiger partial charge on any atom is 0.339 e. The lowest BCUT2D eigenvalue weighted by molar-refractivity contribution is -0.135. The number of carbonyl (C=O) groups excluding carboxylic acids is 2. The smallest absolute Gasteiger partial charge is 0.339 e. The first-order valence-electron chi connectivity index (χ1n) is 7.39. The monoisotopic (exact) mass is 547 g/mol. The van der Waals surface area contributed by atoms with Crippen molar-refractivity contribution in [2.24, 2.45) is 0 Å². The third-order valence-corrected chi connectivity index (χ3v) is 5.08. The summed E-state index contributed by atoms with van der Waals surface area (Å²) in [6.07, 6.45) is -0.751. The molecule has 0 aliphatic heterocycles. The van der Waals surface area contributed by atoms with Crippen LogP contribution in [0.3, 0.4) is 0 Å². The lowest BCUT2D eigenvalue weighted by Crippen LogP contribution is -2.18. The molecule has 13 heteroatoms. The molecule has 0 spiro atoms.